The van der Waals surface area contributed by atoms with Gasteiger partial charge in [-0.1, -0.05) is 24.3 Å². The number of imide groups is 1. The van der Waals surface area contributed by atoms with Crippen LogP contribution in [0.2, 0.25) is 0 Å². The molecule has 7 nitrogen and oxygen atoms in total. The fourth-order valence-corrected chi connectivity index (χ4v) is 5.67. The van der Waals surface area contributed by atoms with Crippen LogP contribution >= 0.6 is 0 Å². The summed E-state index contributed by atoms with van der Waals surface area (Å²) in [5, 5.41) is 14.3. The number of rotatable bonds is 4. The van der Waals surface area contributed by atoms with Crippen molar-refractivity contribution in [2.24, 2.45) is 34.2 Å². The molecule has 7 heteroatoms. The number of benzene rings is 1. The Morgan fingerprint density at radius 2 is 1.80 bits per heavy atom. The van der Waals surface area contributed by atoms with Gasteiger partial charge >= 0.3 is 5.97 Å². The Morgan fingerprint density at radius 1 is 1.10 bits per heavy atom. The molecule has 2 amide bonds. The van der Waals surface area contributed by atoms with E-state index in [0.717, 1.165) is 17.9 Å². The van der Waals surface area contributed by atoms with Gasteiger partial charge < -0.3 is 9.52 Å². The Kier molecular flexibility index (Phi) is 3.35. The summed E-state index contributed by atoms with van der Waals surface area (Å²) < 4.78 is 5.72. The van der Waals surface area contributed by atoms with Crippen LogP contribution in [0, 0.1) is 29.1 Å². The molecule has 3 fully saturated rings. The Balaban J connectivity index is 1.23. The molecule has 2 heterocycles. The first-order valence-electron chi connectivity index (χ1n) is 10.0. The lowest BCUT2D eigenvalue weighted by Gasteiger charge is -2.18. The summed E-state index contributed by atoms with van der Waals surface area (Å²) in [4.78, 5) is 37.0. The molecular formula is C23H18N2O5. The van der Waals surface area contributed by atoms with Gasteiger partial charge in [-0.15, -0.1) is 0 Å². The van der Waals surface area contributed by atoms with Gasteiger partial charge in [0.15, 0.2) is 0 Å². The number of carboxylic acid groups (broad SMARTS) is 1. The molecule has 0 radical (unpaired) electrons. The van der Waals surface area contributed by atoms with Crippen LogP contribution in [0.25, 0.3) is 11.3 Å². The summed E-state index contributed by atoms with van der Waals surface area (Å²) in [6, 6.07) is 9.79. The lowest BCUT2D eigenvalue weighted by atomic mass is 9.85. The molecule has 1 aromatic carbocycles. The van der Waals surface area contributed by atoms with Crippen LogP contribution in [0.15, 0.2) is 58.1 Å². The summed E-state index contributed by atoms with van der Waals surface area (Å²) >= 11 is 0. The first-order chi connectivity index (χ1) is 14.5. The zero-order valence-electron chi connectivity index (χ0n) is 15.9. The summed E-state index contributed by atoms with van der Waals surface area (Å²) in [6.45, 7) is 0. The van der Waals surface area contributed by atoms with Crippen molar-refractivity contribution < 1.29 is 23.9 Å². The maximum absolute atomic E-state index is 12.9. The maximum Gasteiger partial charge on any atom is 0.335 e. The molecule has 2 saturated carbocycles. The zero-order valence-corrected chi connectivity index (χ0v) is 15.9. The monoisotopic (exact) mass is 402 g/mol. The van der Waals surface area contributed by atoms with Crippen LogP contribution in [0.4, 0.5) is 0 Å². The van der Waals surface area contributed by atoms with E-state index in [9.17, 15) is 14.4 Å². The normalized spacial score (nSPS) is 30.1. The fourth-order valence-electron chi connectivity index (χ4n) is 5.67. The van der Waals surface area contributed by atoms with Gasteiger partial charge in [-0.2, -0.15) is 10.1 Å². The molecule has 1 aromatic heterocycles. The number of nitrogens with zero attached hydrogens (tertiary/aromatic N) is 2. The van der Waals surface area contributed by atoms with Gasteiger partial charge in [0.25, 0.3) is 11.8 Å². The van der Waals surface area contributed by atoms with E-state index < -0.39 is 5.97 Å². The second-order valence-electron chi connectivity index (χ2n) is 8.54. The molecule has 4 aliphatic rings. The average Bonchev–Trinajstić information content (AvgIpc) is 3.03. The van der Waals surface area contributed by atoms with Crippen LogP contribution < -0.4 is 0 Å². The molecule has 3 aliphatic carbocycles. The molecule has 150 valence electrons. The first kappa shape index (κ1) is 17.4. The quantitative estimate of drug-likeness (QED) is 0.481. The molecular weight excluding hydrogens is 384 g/mol. The van der Waals surface area contributed by atoms with Gasteiger partial charge in [-0.3, -0.25) is 9.59 Å². The third-order valence-corrected chi connectivity index (χ3v) is 7.15. The van der Waals surface area contributed by atoms with Crippen LogP contribution in [0.5, 0.6) is 0 Å². The number of furan rings is 1. The minimum atomic E-state index is -1.02. The Bertz CT molecular complexity index is 1140. The highest BCUT2D eigenvalue weighted by atomic mass is 16.4. The van der Waals surface area contributed by atoms with Crippen molar-refractivity contribution in [1.29, 1.82) is 0 Å². The molecule has 4 atom stereocenters. The van der Waals surface area contributed by atoms with Crippen molar-refractivity contribution in [1.82, 2.24) is 5.01 Å². The van der Waals surface area contributed by atoms with Gasteiger partial charge in [0, 0.05) is 5.56 Å². The lowest BCUT2D eigenvalue weighted by molar-refractivity contribution is -0.141. The number of carbonyl (C=O) groups is 3. The molecule has 1 aliphatic heterocycles. The zero-order chi connectivity index (χ0) is 20.6. The Morgan fingerprint density at radius 3 is 2.43 bits per heavy atom. The highest BCUT2D eigenvalue weighted by molar-refractivity contribution is 6.07. The summed E-state index contributed by atoms with van der Waals surface area (Å²) in [5.41, 5.74) is 0.946. The van der Waals surface area contributed by atoms with E-state index in [1.54, 1.807) is 24.3 Å². The van der Waals surface area contributed by atoms with E-state index in [4.69, 9.17) is 9.52 Å². The highest BCUT2D eigenvalue weighted by Crippen LogP contribution is 2.73. The van der Waals surface area contributed by atoms with Crippen molar-refractivity contribution in [2.45, 2.75) is 12.8 Å². The lowest BCUT2D eigenvalue weighted by Crippen LogP contribution is -2.30. The number of hydrogen-bond acceptors (Lipinski definition) is 5. The van der Waals surface area contributed by atoms with E-state index in [1.807, 2.05) is 0 Å². The van der Waals surface area contributed by atoms with Crippen molar-refractivity contribution in [3.8, 4) is 11.3 Å². The molecule has 1 N–H and O–H groups in total. The maximum atomic E-state index is 12.9. The number of hydrazone groups is 1. The second-order valence-corrected chi connectivity index (χ2v) is 8.54. The first-order valence-corrected chi connectivity index (χ1v) is 10.0. The predicted octanol–water partition coefficient (Wildman–Crippen LogP) is 3.18. The van der Waals surface area contributed by atoms with Crippen molar-refractivity contribution >= 4 is 24.0 Å². The van der Waals surface area contributed by atoms with E-state index in [2.05, 4.69) is 17.3 Å². The summed E-state index contributed by atoms with van der Waals surface area (Å²) in [5.74, 6) is -0.816. The van der Waals surface area contributed by atoms with Crippen molar-refractivity contribution in [3.63, 3.8) is 0 Å². The standard InChI is InChI=1S/C23H18N2O5/c26-20-18-15-5-6-16(23(15)8-9-23)19(18)21(27)25(20)24-11-14-4-7-17(30-14)12-2-1-3-13(10-12)22(28)29/h1-7,10-11,15-16,18-19H,8-9H2,(H,28,29)/b24-11-/t15-,16+,18-,19+. The van der Waals surface area contributed by atoms with Crippen LogP contribution in [0.1, 0.15) is 29.0 Å². The Hall–Kier alpha value is -3.48. The van der Waals surface area contributed by atoms with Crippen LogP contribution in [-0.2, 0) is 9.59 Å². The third-order valence-electron chi connectivity index (χ3n) is 7.15. The number of carboxylic acids is 1. The van der Waals surface area contributed by atoms with Crippen molar-refractivity contribution in [3.05, 3.63) is 59.9 Å². The summed E-state index contributed by atoms with van der Waals surface area (Å²) in [7, 11) is 0. The minimum Gasteiger partial charge on any atom is -0.478 e. The third kappa shape index (κ3) is 2.20. The smallest absolute Gasteiger partial charge is 0.335 e. The molecule has 6 rings (SSSR count). The Labute approximate surface area is 171 Å². The van der Waals surface area contributed by atoms with E-state index in [-0.39, 0.29) is 46.5 Å². The molecule has 2 aromatic rings. The second kappa shape index (κ2) is 5.78. The number of allylic oxidation sites excluding steroid dienone is 2. The number of aromatic carboxylic acids is 1. The largest absolute Gasteiger partial charge is 0.478 e. The molecule has 30 heavy (non-hydrogen) atoms. The van der Waals surface area contributed by atoms with Crippen LogP contribution in [0.3, 0.4) is 0 Å². The van der Waals surface area contributed by atoms with Gasteiger partial charge in [-0.25, -0.2) is 4.79 Å². The average molecular weight is 402 g/mol. The number of fused-ring (bicyclic) bond motifs is 3. The molecule has 2 bridgehead atoms. The molecule has 1 spiro atoms. The fraction of sp³-hybridized carbons (Fsp3) is 0.304. The van der Waals surface area contributed by atoms with Crippen LogP contribution in [-0.4, -0.2) is 34.1 Å². The van der Waals surface area contributed by atoms with E-state index in [1.165, 1.54) is 18.3 Å². The number of amides is 2. The van der Waals surface area contributed by atoms with E-state index in [0.29, 0.717) is 17.1 Å². The molecule has 1 saturated heterocycles. The topological polar surface area (TPSA) is 100 Å². The predicted molar refractivity (Wildman–Crippen MR) is 105 cm³/mol. The van der Waals surface area contributed by atoms with Gasteiger partial charge in [0.1, 0.15) is 11.5 Å². The summed E-state index contributed by atoms with van der Waals surface area (Å²) in [6.07, 6.45) is 7.82. The number of carbonyl (C=O) groups excluding carboxylic acids is 2. The minimum absolute atomic E-state index is 0.163. The van der Waals surface area contributed by atoms with E-state index >= 15 is 0 Å². The van der Waals surface area contributed by atoms with Gasteiger partial charge in [-0.05, 0) is 54.4 Å². The molecule has 0 unspecified atom stereocenters. The van der Waals surface area contributed by atoms with Crippen molar-refractivity contribution in [2.75, 3.05) is 0 Å². The SMILES string of the molecule is O=C(O)c1cccc(-c2ccc(/C=N\N3C(=O)[C@@H]4[C@H](C3=O)[C@H]3C=C[C@@H]4C34CC4)o2)c1. The number of hydrogen-bond donors (Lipinski definition) is 1. The van der Waals surface area contributed by atoms with Gasteiger partial charge in [0.05, 0.1) is 23.6 Å². The highest BCUT2D eigenvalue weighted by Gasteiger charge is 2.73. The van der Waals surface area contributed by atoms with Gasteiger partial charge in [0.2, 0.25) is 0 Å².